The highest BCUT2D eigenvalue weighted by Gasteiger charge is 2.50. The highest BCUT2D eigenvalue weighted by molar-refractivity contribution is 5.69. The number of hydrogen-bond donors (Lipinski definition) is 1. The minimum absolute atomic E-state index is 0.0282. The van der Waals surface area contributed by atoms with Gasteiger partial charge < -0.3 is 14.6 Å². The summed E-state index contributed by atoms with van der Waals surface area (Å²) in [6.45, 7) is 0.299. The van der Waals surface area contributed by atoms with Crippen molar-refractivity contribution in [2.45, 2.75) is 43.3 Å². The molecule has 2 aromatic rings. The van der Waals surface area contributed by atoms with Crippen molar-refractivity contribution in [2.75, 3.05) is 13.2 Å². The fourth-order valence-corrected chi connectivity index (χ4v) is 4.49. The molecule has 1 amide bonds. The summed E-state index contributed by atoms with van der Waals surface area (Å²) in [5.41, 5.74) is -1.94. The molecule has 2 saturated heterocycles. The van der Waals surface area contributed by atoms with Crippen LogP contribution in [-0.4, -0.2) is 41.4 Å². The van der Waals surface area contributed by atoms with E-state index in [1.165, 1.54) is 4.90 Å². The Morgan fingerprint density at radius 2 is 1.84 bits per heavy atom. The number of piperidine rings is 1. The topological polar surface area (TPSA) is 82.8 Å². The van der Waals surface area contributed by atoms with Crippen molar-refractivity contribution >= 4 is 6.09 Å². The lowest BCUT2D eigenvalue weighted by molar-refractivity contribution is -0.140. The summed E-state index contributed by atoms with van der Waals surface area (Å²) in [7, 11) is 0. The fraction of sp³-hybridized carbons (Fsp3) is 0.391. The zero-order chi connectivity index (χ0) is 22.9. The third kappa shape index (κ3) is 4.29. The number of rotatable bonds is 3. The number of ether oxygens (including phenoxy) is 2. The van der Waals surface area contributed by atoms with E-state index in [4.69, 9.17) is 9.47 Å². The lowest BCUT2D eigenvalue weighted by Crippen LogP contribution is -2.62. The van der Waals surface area contributed by atoms with Crippen LogP contribution in [0.2, 0.25) is 0 Å². The van der Waals surface area contributed by atoms with Gasteiger partial charge in [-0.1, -0.05) is 30.3 Å². The Labute approximate surface area is 182 Å². The van der Waals surface area contributed by atoms with Crippen molar-refractivity contribution in [3.63, 3.8) is 0 Å². The summed E-state index contributed by atoms with van der Waals surface area (Å²) in [4.78, 5) is 14.3. The number of nitrogens with zero attached hydrogens (tertiary/aromatic N) is 2. The van der Waals surface area contributed by atoms with Crippen LogP contribution in [0.1, 0.15) is 35.1 Å². The zero-order valence-corrected chi connectivity index (χ0v) is 17.0. The maximum atomic E-state index is 13.3. The Bertz CT molecular complexity index is 1020. The Balaban J connectivity index is 1.58. The second-order valence-corrected chi connectivity index (χ2v) is 8.10. The minimum atomic E-state index is -4.61. The highest BCUT2D eigenvalue weighted by atomic mass is 19.4. The molecule has 0 saturated carbocycles. The van der Waals surface area contributed by atoms with Crippen LogP contribution in [-0.2, 0) is 27.9 Å². The highest BCUT2D eigenvalue weighted by Crippen LogP contribution is 2.44. The second-order valence-electron chi connectivity index (χ2n) is 8.10. The molecule has 2 atom stereocenters. The molecule has 2 aliphatic rings. The molecule has 2 aromatic carbocycles. The summed E-state index contributed by atoms with van der Waals surface area (Å²) >= 11 is 0. The molecular weight excluding hydrogens is 425 g/mol. The van der Waals surface area contributed by atoms with Gasteiger partial charge in [0.15, 0.2) is 0 Å². The molecule has 2 unspecified atom stereocenters. The van der Waals surface area contributed by atoms with Crippen LogP contribution in [0.4, 0.5) is 18.0 Å². The number of halogens is 3. The smallest absolute Gasteiger partial charge is 0.416 e. The summed E-state index contributed by atoms with van der Waals surface area (Å²) in [6.07, 6.45) is -5.32. The van der Waals surface area contributed by atoms with E-state index in [0.29, 0.717) is 0 Å². The summed E-state index contributed by atoms with van der Waals surface area (Å²) in [5.74, 6) is 0. The first-order valence-electron chi connectivity index (χ1n) is 10.1. The van der Waals surface area contributed by atoms with Gasteiger partial charge >= 0.3 is 12.3 Å². The van der Waals surface area contributed by atoms with Crippen molar-refractivity contribution in [1.82, 2.24) is 4.90 Å². The van der Waals surface area contributed by atoms with Gasteiger partial charge in [0.1, 0.15) is 6.61 Å². The predicted octanol–water partition coefficient (Wildman–Crippen LogP) is 3.96. The van der Waals surface area contributed by atoms with Crippen LogP contribution in [0.25, 0.3) is 0 Å². The van der Waals surface area contributed by atoms with Crippen molar-refractivity contribution < 1.29 is 32.5 Å². The average molecular weight is 446 g/mol. The van der Waals surface area contributed by atoms with Gasteiger partial charge in [0.25, 0.3) is 0 Å². The van der Waals surface area contributed by atoms with Gasteiger partial charge in [0.05, 0.1) is 48.1 Å². The number of nitriles is 1. The third-order valence-corrected chi connectivity index (χ3v) is 5.94. The molecular formula is C23H21F3N2O4. The van der Waals surface area contributed by atoms with Crippen molar-refractivity contribution in [3.8, 4) is 6.07 Å². The van der Waals surface area contributed by atoms with Crippen LogP contribution in [0.15, 0.2) is 48.5 Å². The summed E-state index contributed by atoms with van der Waals surface area (Å²) in [6, 6.07) is 12.6. The molecule has 2 fully saturated rings. The number of hydrogen-bond acceptors (Lipinski definition) is 5. The first-order valence-corrected chi connectivity index (χ1v) is 10.1. The number of carbonyl (C=O) groups excluding carboxylic acids is 1. The number of carbonyl (C=O) groups is 1. The number of fused-ring (bicyclic) bond motifs is 2. The summed E-state index contributed by atoms with van der Waals surface area (Å²) < 4.78 is 50.8. The van der Waals surface area contributed by atoms with E-state index in [0.717, 1.165) is 23.8 Å². The summed E-state index contributed by atoms with van der Waals surface area (Å²) in [5, 5.41) is 20.8. The van der Waals surface area contributed by atoms with Crippen molar-refractivity contribution in [2.24, 2.45) is 0 Å². The molecule has 0 aromatic heterocycles. The van der Waals surface area contributed by atoms with Gasteiger partial charge in [-0.2, -0.15) is 18.4 Å². The van der Waals surface area contributed by atoms with Gasteiger partial charge in [0.2, 0.25) is 0 Å². The molecule has 2 bridgehead atoms. The van der Waals surface area contributed by atoms with Crippen molar-refractivity contribution in [1.29, 1.82) is 5.26 Å². The number of alkyl halides is 3. The van der Waals surface area contributed by atoms with E-state index in [-0.39, 0.29) is 43.8 Å². The molecule has 1 N–H and O–H groups in total. The maximum absolute atomic E-state index is 13.3. The standard InChI is InChI=1S/C23H21F3N2O4/c24-23(25,26)17-7-6-16(11-27)20(8-17)22(30)9-18-13-31-14-19(10-22)28(18)21(29)32-12-15-4-2-1-3-5-15/h1-8,18-19,30H,9-10,12-14H2. The van der Waals surface area contributed by atoms with Crippen LogP contribution < -0.4 is 0 Å². The van der Waals surface area contributed by atoms with Crippen LogP contribution in [0.3, 0.4) is 0 Å². The maximum Gasteiger partial charge on any atom is 0.416 e. The molecule has 2 aliphatic heterocycles. The average Bonchev–Trinajstić information content (AvgIpc) is 2.76. The molecule has 4 rings (SSSR count). The lowest BCUT2D eigenvalue weighted by atomic mass is 9.75. The lowest BCUT2D eigenvalue weighted by Gasteiger charge is -2.51. The molecule has 32 heavy (non-hydrogen) atoms. The zero-order valence-electron chi connectivity index (χ0n) is 17.0. The number of aliphatic hydroxyl groups is 1. The van der Waals surface area contributed by atoms with E-state index in [1.54, 1.807) is 0 Å². The Kier molecular flexibility index (Phi) is 5.84. The molecule has 9 heteroatoms. The molecule has 6 nitrogen and oxygen atoms in total. The predicted molar refractivity (Wildman–Crippen MR) is 106 cm³/mol. The molecule has 0 aliphatic carbocycles. The van der Waals surface area contributed by atoms with Crippen LogP contribution in [0.5, 0.6) is 0 Å². The Morgan fingerprint density at radius 1 is 1.19 bits per heavy atom. The molecule has 0 radical (unpaired) electrons. The second kappa shape index (κ2) is 8.45. The van der Waals surface area contributed by atoms with E-state index in [1.807, 2.05) is 36.4 Å². The first kappa shape index (κ1) is 22.1. The molecule has 168 valence electrons. The van der Waals surface area contributed by atoms with E-state index in [2.05, 4.69) is 0 Å². The van der Waals surface area contributed by atoms with Gasteiger partial charge in [-0.15, -0.1) is 0 Å². The van der Waals surface area contributed by atoms with Gasteiger partial charge in [-0.05, 0) is 23.8 Å². The first-order chi connectivity index (χ1) is 15.2. The van der Waals surface area contributed by atoms with Crippen LogP contribution >= 0.6 is 0 Å². The monoisotopic (exact) mass is 446 g/mol. The minimum Gasteiger partial charge on any atom is -0.445 e. The normalized spacial score (nSPS) is 25.2. The number of amides is 1. The quantitative estimate of drug-likeness (QED) is 0.772. The largest absolute Gasteiger partial charge is 0.445 e. The van der Waals surface area contributed by atoms with Gasteiger partial charge in [-0.25, -0.2) is 4.79 Å². The van der Waals surface area contributed by atoms with Gasteiger partial charge in [0, 0.05) is 18.4 Å². The van der Waals surface area contributed by atoms with E-state index < -0.39 is 35.5 Å². The number of benzene rings is 2. The SMILES string of the molecule is N#Cc1ccc(C(F)(F)F)cc1C1(O)CC2COCC(C1)N2C(=O)OCc1ccccc1. The van der Waals surface area contributed by atoms with Crippen LogP contribution in [0, 0.1) is 11.3 Å². The number of morpholine rings is 1. The Hall–Kier alpha value is -3.09. The molecule has 2 heterocycles. The van der Waals surface area contributed by atoms with Gasteiger partial charge in [-0.3, -0.25) is 4.90 Å². The fourth-order valence-electron chi connectivity index (χ4n) is 4.49. The van der Waals surface area contributed by atoms with E-state index >= 15 is 0 Å². The third-order valence-electron chi connectivity index (χ3n) is 5.94. The Morgan fingerprint density at radius 3 is 2.44 bits per heavy atom. The van der Waals surface area contributed by atoms with E-state index in [9.17, 15) is 28.3 Å². The molecule has 0 spiro atoms. The van der Waals surface area contributed by atoms with Crippen molar-refractivity contribution in [3.05, 3.63) is 70.8 Å².